The molecule has 0 saturated carbocycles. The monoisotopic (exact) mass is 347 g/mol. The van der Waals surface area contributed by atoms with Crippen LogP contribution in [0, 0.1) is 0 Å². The number of carbonyl (C=O) groups excluding carboxylic acids is 2. The lowest BCUT2D eigenvalue weighted by Gasteiger charge is -2.14. The molecule has 130 valence electrons. The second kappa shape index (κ2) is 7.51. The molecule has 26 heavy (non-hydrogen) atoms. The van der Waals surface area contributed by atoms with Crippen molar-refractivity contribution >= 4 is 29.6 Å². The van der Waals surface area contributed by atoms with E-state index in [0.717, 1.165) is 10.8 Å². The van der Waals surface area contributed by atoms with E-state index in [0.29, 0.717) is 5.56 Å². The molecule has 0 spiro atoms. The summed E-state index contributed by atoms with van der Waals surface area (Å²) in [6, 6.07) is 19.6. The van der Waals surface area contributed by atoms with E-state index >= 15 is 0 Å². The second-order valence-electron chi connectivity index (χ2n) is 6.11. The van der Waals surface area contributed by atoms with E-state index in [-0.39, 0.29) is 16.9 Å². The molecule has 0 aliphatic carbocycles. The zero-order valence-corrected chi connectivity index (χ0v) is 14.2. The van der Waals surface area contributed by atoms with E-state index in [1.54, 1.807) is 36.4 Å². The van der Waals surface area contributed by atoms with Crippen molar-refractivity contribution in [3.8, 4) is 0 Å². The van der Waals surface area contributed by atoms with Crippen molar-refractivity contribution < 1.29 is 19.6 Å². The van der Waals surface area contributed by atoms with Gasteiger partial charge in [-0.25, -0.2) is 0 Å². The highest BCUT2D eigenvalue weighted by Crippen LogP contribution is 2.20. The Morgan fingerprint density at radius 3 is 2.19 bits per heavy atom. The summed E-state index contributed by atoms with van der Waals surface area (Å²) in [6.07, 6.45) is 0. The lowest BCUT2D eigenvalue weighted by molar-refractivity contribution is 0.0934. The molecule has 0 unspecified atom stereocenters. The van der Waals surface area contributed by atoms with Gasteiger partial charge >= 0.3 is 7.12 Å². The third kappa shape index (κ3) is 3.66. The smallest absolute Gasteiger partial charge is 0.426 e. The Morgan fingerprint density at radius 2 is 1.50 bits per heavy atom. The molecule has 0 saturated heterocycles. The minimum atomic E-state index is -1.68. The molecule has 3 aromatic rings. The summed E-state index contributed by atoms with van der Waals surface area (Å²) in [7, 11) is -1.68. The van der Waals surface area contributed by atoms with Gasteiger partial charge in [-0.15, -0.1) is 0 Å². The van der Waals surface area contributed by atoms with Crippen LogP contribution < -0.4 is 5.32 Å². The SMILES string of the molecule is C[C@@H](NC(=O)c1ccccc1C(=O)c1ccc2ccccc2c1)B(O)O. The zero-order valence-electron chi connectivity index (χ0n) is 14.2. The average molecular weight is 347 g/mol. The summed E-state index contributed by atoms with van der Waals surface area (Å²) in [5.74, 6) is -1.65. The van der Waals surface area contributed by atoms with Crippen LogP contribution in [-0.4, -0.2) is 34.8 Å². The molecule has 3 N–H and O–H groups in total. The van der Waals surface area contributed by atoms with Crippen LogP contribution in [0.4, 0.5) is 0 Å². The lowest BCUT2D eigenvalue weighted by atomic mass is 9.81. The van der Waals surface area contributed by atoms with Gasteiger partial charge in [0.15, 0.2) is 5.78 Å². The number of benzene rings is 3. The highest BCUT2D eigenvalue weighted by Gasteiger charge is 2.23. The number of ketones is 1. The maximum Gasteiger partial charge on any atom is 0.475 e. The Morgan fingerprint density at radius 1 is 0.885 bits per heavy atom. The van der Waals surface area contributed by atoms with Crippen molar-refractivity contribution in [2.75, 3.05) is 0 Å². The lowest BCUT2D eigenvalue weighted by Crippen LogP contribution is -2.44. The fourth-order valence-corrected chi connectivity index (χ4v) is 2.72. The highest BCUT2D eigenvalue weighted by atomic mass is 16.4. The molecule has 1 amide bonds. The quantitative estimate of drug-likeness (QED) is 0.488. The normalized spacial score (nSPS) is 11.8. The number of fused-ring (bicyclic) bond motifs is 1. The first-order valence-electron chi connectivity index (χ1n) is 8.27. The largest absolute Gasteiger partial charge is 0.475 e. The van der Waals surface area contributed by atoms with Crippen LogP contribution in [-0.2, 0) is 0 Å². The van der Waals surface area contributed by atoms with Gasteiger partial charge in [-0.05, 0) is 29.8 Å². The molecule has 6 heteroatoms. The first-order valence-corrected chi connectivity index (χ1v) is 8.27. The fourth-order valence-electron chi connectivity index (χ4n) is 2.72. The molecular weight excluding hydrogens is 329 g/mol. The van der Waals surface area contributed by atoms with Gasteiger partial charge in [0.1, 0.15) is 0 Å². The van der Waals surface area contributed by atoms with Crippen LogP contribution in [0.2, 0.25) is 0 Å². The number of rotatable bonds is 5. The zero-order chi connectivity index (χ0) is 18.7. The van der Waals surface area contributed by atoms with Crippen LogP contribution in [0.3, 0.4) is 0 Å². The van der Waals surface area contributed by atoms with Crippen LogP contribution in [0.25, 0.3) is 10.8 Å². The predicted octanol–water partition coefficient (Wildman–Crippen LogP) is 2.20. The molecule has 0 heterocycles. The van der Waals surface area contributed by atoms with E-state index in [9.17, 15) is 9.59 Å². The summed E-state index contributed by atoms with van der Waals surface area (Å²) in [5.41, 5.74) is 0.942. The number of hydrogen-bond acceptors (Lipinski definition) is 4. The molecule has 3 rings (SSSR count). The average Bonchev–Trinajstić information content (AvgIpc) is 2.66. The van der Waals surface area contributed by atoms with Gasteiger partial charge in [0, 0.05) is 11.1 Å². The fraction of sp³-hybridized carbons (Fsp3) is 0.100. The second-order valence-corrected chi connectivity index (χ2v) is 6.11. The molecule has 1 atom stereocenters. The van der Waals surface area contributed by atoms with Gasteiger partial charge in [0.25, 0.3) is 5.91 Å². The van der Waals surface area contributed by atoms with E-state index in [1.165, 1.54) is 6.92 Å². The maximum atomic E-state index is 13.0. The molecule has 0 bridgehead atoms. The number of carbonyl (C=O) groups is 2. The molecule has 5 nitrogen and oxygen atoms in total. The van der Waals surface area contributed by atoms with Crippen LogP contribution >= 0.6 is 0 Å². The molecule has 0 fully saturated rings. The summed E-state index contributed by atoms with van der Waals surface area (Å²) in [5, 5.41) is 22.7. The minimum absolute atomic E-state index is 0.193. The van der Waals surface area contributed by atoms with Crippen LogP contribution in [0.15, 0.2) is 66.7 Å². The van der Waals surface area contributed by atoms with Gasteiger partial charge < -0.3 is 15.4 Å². The van der Waals surface area contributed by atoms with Gasteiger partial charge in [-0.2, -0.15) is 0 Å². The first-order chi connectivity index (χ1) is 12.5. The Kier molecular flexibility index (Phi) is 5.16. The van der Waals surface area contributed by atoms with Crippen LogP contribution in [0.5, 0.6) is 0 Å². The van der Waals surface area contributed by atoms with Gasteiger partial charge in [0.05, 0.1) is 11.5 Å². The Bertz CT molecular complexity index is 971. The molecule has 0 radical (unpaired) electrons. The Balaban J connectivity index is 1.95. The summed E-state index contributed by atoms with van der Waals surface area (Å²) < 4.78 is 0. The van der Waals surface area contributed by atoms with E-state index in [2.05, 4.69) is 5.32 Å². The molecule has 0 aliphatic heterocycles. The van der Waals surface area contributed by atoms with E-state index in [1.807, 2.05) is 30.3 Å². The van der Waals surface area contributed by atoms with Crippen molar-refractivity contribution in [3.63, 3.8) is 0 Å². The minimum Gasteiger partial charge on any atom is -0.426 e. The third-order valence-corrected chi connectivity index (χ3v) is 4.23. The van der Waals surface area contributed by atoms with E-state index in [4.69, 9.17) is 10.0 Å². The molecule has 0 aromatic heterocycles. The third-order valence-electron chi connectivity index (χ3n) is 4.23. The molecule has 3 aromatic carbocycles. The number of nitrogens with one attached hydrogen (secondary N) is 1. The van der Waals surface area contributed by atoms with Gasteiger partial charge in [-0.1, -0.05) is 54.6 Å². The predicted molar refractivity (Wildman–Crippen MR) is 101 cm³/mol. The van der Waals surface area contributed by atoms with Crippen molar-refractivity contribution in [2.24, 2.45) is 0 Å². The van der Waals surface area contributed by atoms with Gasteiger partial charge in [0.2, 0.25) is 0 Å². The molecular formula is C20H18BNO4. The Hall–Kier alpha value is -2.96. The summed E-state index contributed by atoms with van der Waals surface area (Å²) in [6.45, 7) is 1.47. The summed E-state index contributed by atoms with van der Waals surface area (Å²) >= 11 is 0. The standard InChI is InChI=1S/C20H18BNO4/c1-13(21(25)26)22-20(24)18-9-5-4-8-17(18)19(23)16-11-10-14-6-2-3-7-15(14)12-16/h2-13,25-26H,1H3,(H,22,24)/t13-/m1/s1. The summed E-state index contributed by atoms with van der Waals surface area (Å²) in [4.78, 5) is 25.4. The van der Waals surface area contributed by atoms with E-state index < -0.39 is 19.0 Å². The number of amides is 1. The molecule has 0 aliphatic rings. The van der Waals surface area contributed by atoms with Gasteiger partial charge in [-0.3, -0.25) is 9.59 Å². The highest BCUT2D eigenvalue weighted by molar-refractivity contribution is 6.43. The van der Waals surface area contributed by atoms with Crippen molar-refractivity contribution in [1.82, 2.24) is 5.32 Å². The van der Waals surface area contributed by atoms with Crippen molar-refractivity contribution in [3.05, 3.63) is 83.4 Å². The van der Waals surface area contributed by atoms with Crippen molar-refractivity contribution in [1.29, 1.82) is 0 Å². The Labute approximate surface area is 151 Å². The maximum absolute atomic E-state index is 13.0. The topological polar surface area (TPSA) is 86.6 Å². The van der Waals surface area contributed by atoms with Crippen LogP contribution in [0.1, 0.15) is 33.2 Å². The first kappa shape index (κ1) is 17.9. The number of hydrogen-bond donors (Lipinski definition) is 3. The van der Waals surface area contributed by atoms with Crippen molar-refractivity contribution in [2.45, 2.75) is 12.9 Å².